The summed E-state index contributed by atoms with van der Waals surface area (Å²) in [5.41, 5.74) is 2.66. The Morgan fingerprint density at radius 1 is 0.750 bits per heavy atom. The molecule has 9 nitrogen and oxygen atoms in total. The van der Waals surface area contributed by atoms with E-state index in [0.717, 1.165) is 11.1 Å². The van der Waals surface area contributed by atoms with Crippen molar-refractivity contribution in [1.29, 1.82) is 0 Å². The fraction of sp³-hybridized carbons (Fsp3) is 0.595. The van der Waals surface area contributed by atoms with E-state index in [1.54, 1.807) is 27.1 Å². The van der Waals surface area contributed by atoms with Crippen LogP contribution in [0.2, 0.25) is 0 Å². The summed E-state index contributed by atoms with van der Waals surface area (Å²) in [6.07, 6.45) is 1.64. The molecule has 0 spiro atoms. The number of amides is 3. The van der Waals surface area contributed by atoms with E-state index in [4.69, 9.17) is 0 Å². The van der Waals surface area contributed by atoms with Crippen LogP contribution in [0.15, 0.2) is 59.1 Å². The van der Waals surface area contributed by atoms with Gasteiger partial charge in [-0.2, -0.15) is 0 Å². The Bertz CT molecular complexity index is 1670. The predicted octanol–water partition coefficient (Wildman–Crippen LogP) is 7.59. The Labute approximate surface area is 314 Å². The number of rotatable bonds is 15. The van der Waals surface area contributed by atoms with Crippen LogP contribution in [0, 0.1) is 17.3 Å². The van der Waals surface area contributed by atoms with Gasteiger partial charge in [-0.05, 0) is 65.3 Å². The highest BCUT2D eigenvalue weighted by atomic mass is 32.2. The maximum Gasteiger partial charge on any atom is 0.264 e. The van der Waals surface area contributed by atoms with Crippen molar-refractivity contribution in [3.05, 3.63) is 76.5 Å². The fourth-order valence-electron chi connectivity index (χ4n) is 6.55. The average Bonchev–Trinajstić information content (AvgIpc) is 3.04. The minimum Gasteiger partial charge on any atom is -0.342 e. The summed E-state index contributed by atoms with van der Waals surface area (Å²) < 4.78 is 30.4. The molecule has 0 aromatic heterocycles. The van der Waals surface area contributed by atoms with Crippen LogP contribution in [0.4, 0.5) is 0 Å². The first-order chi connectivity index (χ1) is 23.8. The van der Waals surface area contributed by atoms with Crippen molar-refractivity contribution in [3.63, 3.8) is 0 Å². The molecule has 0 aliphatic heterocycles. The van der Waals surface area contributed by atoms with Crippen LogP contribution in [0.3, 0.4) is 0 Å². The molecule has 0 radical (unpaired) electrons. The molecule has 3 amide bonds. The molecule has 0 bridgehead atoms. The molecule has 52 heavy (non-hydrogen) atoms. The molecule has 2 rings (SSSR count). The van der Waals surface area contributed by atoms with Crippen molar-refractivity contribution in [2.75, 3.05) is 14.1 Å². The van der Waals surface area contributed by atoms with Crippen LogP contribution < -0.4 is 15.4 Å². The number of hydrogen-bond acceptors (Lipinski definition) is 6. The molecule has 3 atom stereocenters. The van der Waals surface area contributed by atoms with Gasteiger partial charge < -0.3 is 15.5 Å². The Morgan fingerprint density at radius 3 is 1.65 bits per heavy atom. The summed E-state index contributed by atoms with van der Waals surface area (Å²) >= 11 is 0. The van der Waals surface area contributed by atoms with Gasteiger partial charge in [0.2, 0.25) is 17.7 Å². The highest BCUT2D eigenvalue weighted by molar-refractivity contribution is 7.90. The van der Waals surface area contributed by atoms with Gasteiger partial charge in [0.15, 0.2) is 0 Å². The van der Waals surface area contributed by atoms with Gasteiger partial charge in [0.05, 0.1) is 16.9 Å². The number of nitrogens with one attached hydrogen (secondary N) is 3. The second-order valence-electron chi connectivity index (χ2n) is 17.0. The minimum absolute atomic E-state index is 0.0912. The Balaban J connectivity index is 2.47. The highest BCUT2D eigenvalue weighted by Crippen LogP contribution is 2.35. The molecule has 2 aromatic rings. The molecule has 0 aliphatic carbocycles. The van der Waals surface area contributed by atoms with Gasteiger partial charge in [-0.1, -0.05) is 139 Å². The third kappa shape index (κ3) is 10.6. The summed E-state index contributed by atoms with van der Waals surface area (Å²) in [7, 11) is -0.883. The van der Waals surface area contributed by atoms with Gasteiger partial charge in [-0.15, -0.1) is 0 Å². The molecule has 1 unspecified atom stereocenters. The maximum absolute atomic E-state index is 14.3. The van der Waals surface area contributed by atoms with Crippen molar-refractivity contribution in [2.45, 2.75) is 137 Å². The largest absolute Gasteiger partial charge is 0.342 e. The summed E-state index contributed by atoms with van der Waals surface area (Å²) in [5, 5.41) is 6.20. The van der Waals surface area contributed by atoms with Gasteiger partial charge in [0.25, 0.3) is 10.0 Å². The fourth-order valence-corrected chi connectivity index (χ4v) is 8.31. The van der Waals surface area contributed by atoms with E-state index >= 15 is 0 Å². The van der Waals surface area contributed by atoms with Crippen LogP contribution in [-0.2, 0) is 29.8 Å². The van der Waals surface area contributed by atoms with E-state index in [0.29, 0.717) is 16.8 Å². The molecular formula is C42H66N4O5S. The van der Waals surface area contributed by atoms with Crippen molar-refractivity contribution in [1.82, 2.24) is 20.3 Å². The molecule has 0 saturated carbocycles. The summed E-state index contributed by atoms with van der Waals surface area (Å²) in [6, 6.07) is 12.1. The Hall–Kier alpha value is -3.50. The third-order valence-electron chi connectivity index (χ3n) is 9.92. The monoisotopic (exact) mass is 738 g/mol. The van der Waals surface area contributed by atoms with Crippen molar-refractivity contribution >= 4 is 27.7 Å². The van der Waals surface area contributed by atoms with Gasteiger partial charge in [-0.25, -0.2) is 13.1 Å². The second-order valence-corrected chi connectivity index (χ2v) is 18.6. The minimum atomic E-state index is -4.24. The number of hydrogen-bond donors (Lipinski definition) is 3. The second kappa shape index (κ2) is 17.5. The maximum atomic E-state index is 14.3. The molecule has 0 aliphatic rings. The molecule has 10 heteroatoms. The molecule has 0 saturated heterocycles. The molecular weight excluding hydrogens is 673 g/mol. The SMILES string of the molecule is CN[C@H](C(=O)N[C@H](C(=O)N(C)/C(=C/C(C)C(=O)NS(=O)(=O)c1c(C(C)C)cc(C(C)C)cc1C(C)C)C(C)C)C(C)(C)C)C(C)(C)c1ccccc1. The number of sulfonamides is 1. The zero-order chi connectivity index (χ0) is 40.1. The van der Waals surface area contributed by atoms with Gasteiger partial charge >= 0.3 is 0 Å². The number of likely N-dealkylation sites (N-methyl/N-ethyl adjacent to an activating group) is 2. The quantitative estimate of drug-likeness (QED) is 0.173. The summed E-state index contributed by atoms with van der Waals surface area (Å²) in [5.74, 6) is -2.43. The topological polar surface area (TPSA) is 125 Å². The lowest BCUT2D eigenvalue weighted by atomic mass is 9.76. The predicted molar refractivity (Wildman–Crippen MR) is 213 cm³/mol. The molecule has 2 aromatic carbocycles. The smallest absolute Gasteiger partial charge is 0.264 e. The summed E-state index contributed by atoms with van der Waals surface area (Å²) in [6.45, 7) is 27.0. The van der Waals surface area contributed by atoms with Gasteiger partial charge in [0, 0.05) is 18.2 Å². The van der Waals surface area contributed by atoms with Crippen LogP contribution in [0.5, 0.6) is 0 Å². The van der Waals surface area contributed by atoms with Crippen LogP contribution in [0.1, 0.15) is 137 Å². The normalized spacial score (nSPS) is 14.8. The van der Waals surface area contributed by atoms with Gasteiger partial charge in [0.1, 0.15) is 6.04 Å². The Kier molecular flexibility index (Phi) is 15.1. The van der Waals surface area contributed by atoms with E-state index in [2.05, 4.69) is 29.2 Å². The van der Waals surface area contributed by atoms with E-state index in [1.807, 2.05) is 119 Å². The lowest BCUT2D eigenvalue weighted by molar-refractivity contribution is -0.138. The van der Waals surface area contributed by atoms with Crippen LogP contribution in [0.25, 0.3) is 0 Å². The van der Waals surface area contributed by atoms with E-state index in [-0.39, 0.29) is 40.4 Å². The first kappa shape index (κ1) is 44.7. The van der Waals surface area contributed by atoms with Crippen molar-refractivity contribution in [2.24, 2.45) is 17.3 Å². The van der Waals surface area contributed by atoms with Gasteiger partial charge in [-0.3, -0.25) is 14.4 Å². The molecule has 290 valence electrons. The number of nitrogens with zero attached hydrogens (tertiary/aromatic N) is 1. The number of carbonyl (C=O) groups is 3. The zero-order valence-electron chi connectivity index (χ0n) is 34.6. The van der Waals surface area contributed by atoms with E-state index < -0.39 is 44.8 Å². The third-order valence-corrected chi connectivity index (χ3v) is 11.4. The summed E-state index contributed by atoms with van der Waals surface area (Å²) in [4.78, 5) is 43.5. The lowest BCUT2D eigenvalue weighted by Gasteiger charge is -2.39. The standard InChI is InChI=1S/C42H66N4O5S/c1-25(2)30-23-32(26(3)4)35(33(24-30)27(5)6)52(50,51)45-38(47)29(9)22-34(28(7)8)46(16)40(49)37(41(10,11)12)44-39(48)36(43-15)42(13,14)31-20-18-17-19-21-31/h17-29,36-37,43H,1-16H3,(H,44,48)(H,45,47)/b34-22+/t29?,36-,37-/m1/s1. The van der Waals surface area contributed by atoms with Crippen LogP contribution in [-0.4, -0.2) is 57.2 Å². The number of allylic oxidation sites excluding steroid dienone is 1. The lowest BCUT2D eigenvalue weighted by Crippen LogP contribution is -2.60. The van der Waals surface area contributed by atoms with E-state index in [1.165, 1.54) is 4.90 Å². The highest BCUT2D eigenvalue weighted by Gasteiger charge is 2.41. The Morgan fingerprint density at radius 2 is 1.25 bits per heavy atom. The van der Waals surface area contributed by atoms with Crippen LogP contribution >= 0.6 is 0 Å². The zero-order valence-corrected chi connectivity index (χ0v) is 35.4. The van der Waals surface area contributed by atoms with E-state index in [9.17, 15) is 22.8 Å². The first-order valence-electron chi connectivity index (χ1n) is 18.6. The molecule has 0 fully saturated rings. The molecule has 3 N–H and O–H groups in total. The number of benzene rings is 2. The van der Waals surface area contributed by atoms with Crippen molar-refractivity contribution in [3.8, 4) is 0 Å². The van der Waals surface area contributed by atoms with Crippen molar-refractivity contribution < 1.29 is 22.8 Å². The number of carbonyl (C=O) groups excluding carboxylic acids is 3. The first-order valence-corrected chi connectivity index (χ1v) is 20.0. The average molecular weight is 739 g/mol. The molecule has 0 heterocycles.